The zero-order chi connectivity index (χ0) is 10.4. The molecule has 0 saturated heterocycles. The van der Waals surface area contributed by atoms with Crippen LogP contribution in [0.1, 0.15) is 20.8 Å². The van der Waals surface area contributed by atoms with Crippen LogP contribution in [0.5, 0.6) is 0 Å². The van der Waals surface area contributed by atoms with Crippen LogP contribution < -0.4 is 0 Å². The fourth-order valence-corrected chi connectivity index (χ4v) is 0.937. The van der Waals surface area contributed by atoms with Crippen molar-refractivity contribution in [3.8, 4) is 0 Å². The fourth-order valence-electron chi connectivity index (χ4n) is 0.937. The van der Waals surface area contributed by atoms with Crippen LogP contribution in [-0.4, -0.2) is 10.2 Å². The van der Waals surface area contributed by atoms with Crippen molar-refractivity contribution in [2.45, 2.75) is 20.8 Å². The van der Waals surface area contributed by atoms with Gasteiger partial charge in [0.15, 0.2) is 0 Å². The van der Waals surface area contributed by atoms with Crippen LogP contribution in [0.25, 0.3) is 10.8 Å². The minimum atomic E-state index is 0.833. The minimum Gasteiger partial charge on any atom is -0.158 e. The molecule has 0 N–H and O–H groups in total. The smallest absolute Gasteiger partial charge is 0.0574 e. The van der Waals surface area contributed by atoms with Crippen molar-refractivity contribution < 1.29 is 0 Å². The third-order valence-electron chi connectivity index (χ3n) is 1.46. The average Bonchev–Trinajstić information content (AvgIpc) is 2.17. The predicted octanol–water partition coefficient (Wildman–Crippen LogP) is 3.29. The molecule has 2 rings (SSSR count). The van der Waals surface area contributed by atoms with Crippen molar-refractivity contribution in [2.24, 2.45) is 5.92 Å². The third-order valence-corrected chi connectivity index (χ3v) is 1.46. The summed E-state index contributed by atoms with van der Waals surface area (Å²) in [6.45, 7) is 6.50. The van der Waals surface area contributed by atoms with E-state index in [1.165, 1.54) is 0 Å². The first kappa shape index (κ1) is 10.6. The van der Waals surface area contributed by atoms with Gasteiger partial charge in [-0.3, -0.25) is 0 Å². The molecule has 0 atom stereocenters. The second-order valence-corrected chi connectivity index (χ2v) is 3.85. The first-order valence-corrected chi connectivity index (χ1v) is 4.85. The van der Waals surface area contributed by atoms with Gasteiger partial charge < -0.3 is 0 Å². The molecule has 0 spiro atoms. The van der Waals surface area contributed by atoms with E-state index < -0.39 is 0 Å². The Hall–Kier alpha value is -1.44. The molecule has 0 fully saturated rings. The number of hydrogen-bond donors (Lipinski definition) is 0. The molecule has 14 heavy (non-hydrogen) atoms. The Bertz CT molecular complexity index is 314. The molecule has 0 aliphatic rings. The molecule has 2 heteroatoms. The molecule has 0 unspecified atom stereocenters. The highest BCUT2D eigenvalue weighted by atomic mass is 15.1. The van der Waals surface area contributed by atoms with Crippen molar-refractivity contribution in [1.82, 2.24) is 10.2 Å². The number of benzene rings is 1. The van der Waals surface area contributed by atoms with Gasteiger partial charge >= 0.3 is 0 Å². The number of hydrogen-bond acceptors (Lipinski definition) is 2. The van der Waals surface area contributed by atoms with Crippen molar-refractivity contribution in [2.75, 3.05) is 0 Å². The number of nitrogens with zero attached hydrogens (tertiary/aromatic N) is 2. The topological polar surface area (TPSA) is 25.8 Å². The molecule has 1 aromatic carbocycles. The first-order chi connectivity index (χ1) is 6.70. The van der Waals surface area contributed by atoms with E-state index in [0.717, 1.165) is 16.7 Å². The summed E-state index contributed by atoms with van der Waals surface area (Å²) in [7, 11) is 0. The van der Waals surface area contributed by atoms with Crippen molar-refractivity contribution in [1.29, 1.82) is 0 Å². The SMILES string of the molecule is CC(C)C.c1ccc2cnncc2c1. The lowest BCUT2D eigenvalue weighted by molar-refractivity contribution is 0.737. The van der Waals surface area contributed by atoms with Crippen molar-refractivity contribution in [3.63, 3.8) is 0 Å². The lowest BCUT2D eigenvalue weighted by Gasteiger charge is -1.90. The van der Waals surface area contributed by atoms with Crippen LogP contribution in [0, 0.1) is 5.92 Å². The fraction of sp³-hybridized carbons (Fsp3) is 0.333. The van der Waals surface area contributed by atoms with Gasteiger partial charge in [-0.2, -0.15) is 10.2 Å². The molecule has 74 valence electrons. The van der Waals surface area contributed by atoms with E-state index in [4.69, 9.17) is 0 Å². The van der Waals surface area contributed by atoms with E-state index in [0.29, 0.717) is 0 Å². The molecular weight excluding hydrogens is 172 g/mol. The van der Waals surface area contributed by atoms with Gasteiger partial charge in [-0.25, -0.2) is 0 Å². The maximum Gasteiger partial charge on any atom is 0.0574 e. The molecule has 1 heterocycles. The summed E-state index contributed by atoms with van der Waals surface area (Å²) < 4.78 is 0. The predicted molar refractivity (Wildman–Crippen MR) is 60.1 cm³/mol. The quantitative estimate of drug-likeness (QED) is 0.634. The Morgan fingerprint density at radius 2 is 1.21 bits per heavy atom. The summed E-state index contributed by atoms with van der Waals surface area (Å²) in [5.41, 5.74) is 0. The van der Waals surface area contributed by atoms with E-state index in [1.54, 1.807) is 12.4 Å². The van der Waals surface area contributed by atoms with E-state index in [-0.39, 0.29) is 0 Å². The third kappa shape index (κ3) is 3.52. The Morgan fingerprint density at radius 3 is 1.57 bits per heavy atom. The monoisotopic (exact) mass is 188 g/mol. The molecule has 0 aliphatic heterocycles. The molecule has 0 bridgehead atoms. The summed E-state index contributed by atoms with van der Waals surface area (Å²) in [6, 6.07) is 8.02. The van der Waals surface area contributed by atoms with Crippen LogP contribution in [0.4, 0.5) is 0 Å². The maximum absolute atomic E-state index is 3.76. The van der Waals surface area contributed by atoms with Gasteiger partial charge in [0.1, 0.15) is 0 Å². The summed E-state index contributed by atoms with van der Waals surface area (Å²) >= 11 is 0. The average molecular weight is 188 g/mol. The Kier molecular flexibility index (Phi) is 4.05. The summed E-state index contributed by atoms with van der Waals surface area (Å²) in [4.78, 5) is 0. The number of rotatable bonds is 0. The molecule has 2 aromatic rings. The second kappa shape index (κ2) is 5.32. The largest absolute Gasteiger partial charge is 0.158 e. The molecular formula is C12H16N2. The molecule has 0 amide bonds. The Morgan fingerprint density at radius 1 is 0.857 bits per heavy atom. The molecule has 0 saturated carbocycles. The van der Waals surface area contributed by atoms with Gasteiger partial charge in [0, 0.05) is 10.8 Å². The lowest BCUT2D eigenvalue weighted by Crippen LogP contribution is -1.77. The van der Waals surface area contributed by atoms with Crippen LogP contribution in [0.15, 0.2) is 36.7 Å². The maximum atomic E-state index is 3.76. The van der Waals surface area contributed by atoms with E-state index in [9.17, 15) is 0 Å². The zero-order valence-electron chi connectivity index (χ0n) is 8.94. The van der Waals surface area contributed by atoms with Crippen molar-refractivity contribution in [3.05, 3.63) is 36.7 Å². The summed E-state index contributed by atoms with van der Waals surface area (Å²) in [6.07, 6.45) is 3.52. The molecule has 0 aliphatic carbocycles. The second-order valence-electron chi connectivity index (χ2n) is 3.85. The van der Waals surface area contributed by atoms with E-state index in [2.05, 4.69) is 31.0 Å². The van der Waals surface area contributed by atoms with Gasteiger partial charge in [0.05, 0.1) is 12.4 Å². The molecule has 0 radical (unpaired) electrons. The van der Waals surface area contributed by atoms with Crippen LogP contribution >= 0.6 is 0 Å². The Labute approximate surface area is 85.0 Å². The first-order valence-electron chi connectivity index (χ1n) is 4.85. The number of fused-ring (bicyclic) bond motifs is 1. The summed E-state index contributed by atoms with van der Waals surface area (Å²) in [5, 5.41) is 9.80. The number of aromatic nitrogens is 2. The van der Waals surface area contributed by atoms with E-state index in [1.807, 2.05) is 24.3 Å². The van der Waals surface area contributed by atoms with Gasteiger partial charge in [-0.15, -0.1) is 0 Å². The van der Waals surface area contributed by atoms with Gasteiger partial charge in [-0.1, -0.05) is 45.0 Å². The standard InChI is InChI=1S/C8H6N2.C4H10/c1-2-4-8-6-10-9-5-7(8)3-1;1-4(2)3/h1-6H;4H,1-3H3. The normalized spacial score (nSPS) is 9.71. The van der Waals surface area contributed by atoms with Crippen molar-refractivity contribution >= 4 is 10.8 Å². The molecule has 1 aromatic heterocycles. The van der Waals surface area contributed by atoms with Crippen LogP contribution in [0.2, 0.25) is 0 Å². The highest BCUT2D eigenvalue weighted by Crippen LogP contribution is 2.08. The highest BCUT2D eigenvalue weighted by molar-refractivity contribution is 5.80. The zero-order valence-corrected chi connectivity index (χ0v) is 8.94. The van der Waals surface area contributed by atoms with Crippen LogP contribution in [0.3, 0.4) is 0 Å². The van der Waals surface area contributed by atoms with Gasteiger partial charge in [0.25, 0.3) is 0 Å². The molecule has 2 nitrogen and oxygen atoms in total. The van der Waals surface area contributed by atoms with Gasteiger partial charge in [0.2, 0.25) is 0 Å². The van der Waals surface area contributed by atoms with E-state index >= 15 is 0 Å². The Balaban J connectivity index is 0.000000213. The summed E-state index contributed by atoms with van der Waals surface area (Å²) in [5.74, 6) is 0.833. The van der Waals surface area contributed by atoms with Gasteiger partial charge in [-0.05, 0) is 5.92 Å². The lowest BCUT2D eigenvalue weighted by atomic mass is 10.2. The minimum absolute atomic E-state index is 0.833. The highest BCUT2D eigenvalue weighted by Gasteiger charge is 1.87. The van der Waals surface area contributed by atoms with Crippen LogP contribution in [-0.2, 0) is 0 Å².